The molecule has 2 aromatic carbocycles. The molecule has 2 aliphatic heterocycles. The average Bonchev–Trinajstić information content (AvgIpc) is 3.22. The number of hydrogen-bond acceptors (Lipinski definition) is 3. The standard InChI is InChI=1S/C13H12.C7H12N2.2CH4O/c1-3-7-12(8-4-1)11-13-9-5-2-6-10-13;1-3-7-8-4-2-6-9(7)5-1;2*1-2/h1-10H,11H2;1-6H2;2*2H,1H3/p+1. The summed E-state index contributed by atoms with van der Waals surface area (Å²) in [5.41, 5.74) is 2.74. The Morgan fingerprint density at radius 2 is 1.27 bits per heavy atom. The Labute approximate surface area is 157 Å². The first kappa shape index (κ1) is 21.9. The minimum atomic E-state index is 1.00. The molecule has 4 nitrogen and oxygen atoms in total. The van der Waals surface area contributed by atoms with Gasteiger partial charge in [0.15, 0.2) is 0 Å². The van der Waals surface area contributed by atoms with Gasteiger partial charge in [0.1, 0.15) is 0 Å². The second-order valence-corrected chi connectivity index (χ2v) is 5.97. The Morgan fingerprint density at radius 1 is 0.769 bits per heavy atom. The van der Waals surface area contributed by atoms with E-state index in [0.29, 0.717) is 0 Å². The summed E-state index contributed by atoms with van der Waals surface area (Å²) in [7, 11) is 2.00. The Balaban J connectivity index is 0.000000227. The van der Waals surface area contributed by atoms with Crippen molar-refractivity contribution in [1.29, 1.82) is 0 Å². The molecular weight excluding hydrogens is 324 g/mol. The van der Waals surface area contributed by atoms with E-state index < -0.39 is 0 Å². The van der Waals surface area contributed by atoms with Crippen LogP contribution in [0.2, 0.25) is 0 Å². The zero-order valence-electron chi connectivity index (χ0n) is 16.1. The smallest absolute Gasteiger partial charge is 0.244 e. The largest absolute Gasteiger partial charge is 0.400 e. The molecule has 2 aromatic rings. The molecule has 4 heteroatoms. The zero-order chi connectivity index (χ0) is 19.0. The van der Waals surface area contributed by atoms with Crippen LogP contribution in [0.4, 0.5) is 0 Å². The Hall–Kier alpha value is -2.17. The molecule has 0 atom stereocenters. The number of nitrogens with zero attached hydrogens (tertiary/aromatic N) is 1. The first-order valence-corrected chi connectivity index (χ1v) is 9.24. The molecule has 0 aromatic heterocycles. The molecule has 0 bridgehead atoms. The first-order valence-electron chi connectivity index (χ1n) is 9.24. The number of nitrogens with one attached hydrogen (secondary N) is 1. The van der Waals surface area contributed by atoms with Gasteiger partial charge in [-0.15, -0.1) is 0 Å². The fourth-order valence-corrected chi connectivity index (χ4v) is 3.11. The SMILES string of the molecule is C1CNC2=[N+](C1)CCC2.CO.CO.c1ccc(Cc2ccccc2)cc1. The van der Waals surface area contributed by atoms with Crippen molar-refractivity contribution in [2.24, 2.45) is 0 Å². The molecule has 4 rings (SSSR count). The van der Waals surface area contributed by atoms with Gasteiger partial charge in [0, 0.05) is 20.6 Å². The summed E-state index contributed by atoms with van der Waals surface area (Å²) in [6, 6.07) is 21.1. The van der Waals surface area contributed by atoms with Crippen molar-refractivity contribution in [2.45, 2.75) is 25.7 Å². The lowest BCUT2D eigenvalue weighted by molar-refractivity contribution is -0.525. The van der Waals surface area contributed by atoms with Gasteiger partial charge < -0.3 is 10.2 Å². The fraction of sp³-hybridized carbons (Fsp3) is 0.409. The van der Waals surface area contributed by atoms with Crippen molar-refractivity contribution in [3.63, 3.8) is 0 Å². The lowest BCUT2D eigenvalue weighted by atomic mass is 10.1. The highest BCUT2D eigenvalue weighted by atomic mass is 16.2. The van der Waals surface area contributed by atoms with E-state index in [9.17, 15) is 0 Å². The van der Waals surface area contributed by atoms with Crippen LogP contribution in [0.1, 0.15) is 30.4 Å². The van der Waals surface area contributed by atoms with Gasteiger partial charge in [0.2, 0.25) is 5.84 Å². The molecule has 0 unspecified atom stereocenters. The lowest BCUT2D eigenvalue weighted by Crippen LogP contribution is -2.36. The molecule has 2 heterocycles. The topological polar surface area (TPSA) is 55.5 Å². The fourth-order valence-electron chi connectivity index (χ4n) is 3.11. The van der Waals surface area contributed by atoms with Gasteiger partial charge in [-0.2, -0.15) is 0 Å². The Bertz CT molecular complexity index is 559. The van der Waals surface area contributed by atoms with Crippen LogP contribution in [0.15, 0.2) is 60.7 Å². The molecule has 0 radical (unpaired) electrons. The zero-order valence-corrected chi connectivity index (χ0v) is 16.1. The van der Waals surface area contributed by atoms with Gasteiger partial charge in [-0.1, -0.05) is 60.7 Å². The maximum absolute atomic E-state index is 7.00. The van der Waals surface area contributed by atoms with E-state index in [-0.39, 0.29) is 0 Å². The van der Waals surface area contributed by atoms with Crippen LogP contribution in [0, 0.1) is 0 Å². The summed E-state index contributed by atoms with van der Waals surface area (Å²) < 4.78 is 2.48. The van der Waals surface area contributed by atoms with Gasteiger partial charge >= 0.3 is 0 Å². The average molecular weight is 358 g/mol. The number of hydrogen-bond donors (Lipinski definition) is 3. The second-order valence-electron chi connectivity index (χ2n) is 5.97. The minimum Gasteiger partial charge on any atom is -0.400 e. The van der Waals surface area contributed by atoms with E-state index in [4.69, 9.17) is 10.2 Å². The monoisotopic (exact) mass is 357 g/mol. The molecular formula is C22H33N2O2+. The molecule has 26 heavy (non-hydrogen) atoms. The molecule has 2 aliphatic rings. The van der Waals surface area contributed by atoms with E-state index >= 15 is 0 Å². The summed E-state index contributed by atoms with van der Waals surface area (Å²) >= 11 is 0. The van der Waals surface area contributed by atoms with E-state index in [1.807, 2.05) is 0 Å². The van der Waals surface area contributed by atoms with Crippen LogP contribution in [0.25, 0.3) is 0 Å². The molecule has 0 amide bonds. The van der Waals surface area contributed by atoms with Crippen LogP contribution >= 0.6 is 0 Å². The molecule has 0 saturated carbocycles. The Morgan fingerprint density at radius 3 is 1.77 bits per heavy atom. The summed E-state index contributed by atoms with van der Waals surface area (Å²) in [5.74, 6) is 1.50. The van der Waals surface area contributed by atoms with Crippen LogP contribution in [0.5, 0.6) is 0 Å². The van der Waals surface area contributed by atoms with E-state index in [1.165, 1.54) is 55.9 Å². The van der Waals surface area contributed by atoms with Gasteiger partial charge in [0.25, 0.3) is 0 Å². The van der Waals surface area contributed by atoms with E-state index in [1.54, 1.807) is 0 Å². The molecule has 0 fully saturated rings. The summed E-state index contributed by atoms with van der Waals surface area (Å²) in [5, 5.41) is 17.4. The third kappa shape index (κ3) is 7.81. The number of amidine groups is 1. The number of benzene rings is 2. The summed E-state index contributed by atoms with van der Waals surface area (Å²) in [6.07, 6.45) is 5.01. The number of aliphatic hydroxyl groups excluding tert-OH is 2. The minimum absolute atomic E-state index is 1.00. The van der Waals surface area contributed by atoms with Crippen molar-refractivity contribution >= 4 is 5.84 Å². The molecule has 0 saturated heterocycles. The van der Waals surface area contributed by atoms with Crippen LogP contribution in [0.3, 0.4) is 0 Å². The summed E-state index contributed by atoms with van der Waals surface area (Å²) in [6.45, 7) is 3.79. The van der Waals surface area contributed by atoms with Crippen LogP contribution < -0.4 is 5.32 Å². The highest BCUT2D eigenvalue weighted by Crippen LogP contribution is 2.08. The van der Waals surface area contributed by atoms with Crippen molar-refractivity contribution in [2.75, 3.05) is 33.9 Å². The number of aliphatic hydroxyl groups is 2. The lowest BCUT2D eigenvalue weighted by Gasteiger charge is -2.09. The third-order valence-electron chi connectivity index (χ3n) is 4.25. The summed E-state index contributed by atoms with van der Waals surface area (Å²) in [4.78, 5) is 0. The van der Waals surface area contributed by atoms with Crippen molar-refractivity contribution < 1.29 is 14.8 Å². The van der Waals surface area contributed by atoms with Crippen molar-refractivity contribution in [1.82, 2.24) is 5.32 Å². The van der Waals surface area contributed by atoms with Gasteiger partial charge in [-0.3, -0.25) is 9.89 Å². The van der Waals surface area contributed by atoms with Crippen LogP contribution in [-0.2, 0) is 6.42 Å². The molecule has 3 N–H and O–H groups in total. The van der Waals surface area contributed by atoms with Crippen molar-refractivity contribution in [3.05, 3.63) is 71.8 Å². The van der Waals surface area contributed by atoms with E-state index in [0.717, 1.165) is 20.6 Å². The second kappa shape index (κ2) is 14.0. The third-order valence-corrected chi connectivity index (χ3v) is 4.25. The van der Waals surface area contributed by atoms with E-state index in [2.05, 4.69) is 70.6 Å². The van der Waals surface area contributed by atoms with Crippen LogP contribution in [-0.4, -0.2) is 54.5 Å². The molecule has 0 spiro atoms. The predicted molar refractivity (Wildman–Crippen MR) is 109 cm³/mol. The van der Waals surface area contributed by atoms with Gasteiger partial charge in [-0.25, -0.2) is 0 Å². The highest BCUT2D eigenvalue weighted by Gasteiger charge is 2.22. The number of rotatable bonds is 2. The van der Waals surface area contributed by atoms with Gasteiger partial charge in [-0.05, 0) is 24.0 Å². The Kier molecular flexibility index (Phi) is 11.8. The molecule has 142 valence electrons. The molecule has 0 aliphatic carbocycles. The highest BCUT2D eigenvalue weighted by molar-refractivity contribution is 5.78. The quantitative estimate of drug-likeness (QED) is 0.725. The van der Waals surface area contributed by atoms with Gasteiger partial charge in [0.05, 0.1) is 26.1 Å². The predicted octanol–water partition coefficient (Wildman–Crippen LogP) is 2.68. The maximum atomic E-state index is 7.00. The first-order chi connectivity index (χ1) is 12.9. The van der Waals surface area contributed by atoms with Crippen molar-refractivity contribution in [3.8, 4) is 0 Å². The normalized spacial score (nSPS) is 14.3. The maximum Gasteiger partial charge on any atom is 0.244 e.